The van der Waals surface area contributed by atoms with Crippen LogP contribution in [0.15, 0.2) is 18.2 Å². The van der Waals surface area contributed by atoms with Crippen molar-refractivity contribution in [3.05, 3.63) is 24.0 Å². The third-order valence-corrected chi connectivity index (χ3v) is 6.23. The third-order valence-electron chi connectivity index (χ3n) is 4.93. The lowest BCUT2D eigenvalue weighted by Crippen LogP contribution is -2.48. The summed E-state index contributed by atoms with van der Waals surface area (Å²) in [5.74, 6) is 0.824. The second-order valence-corrected chi connectivity index (χ2v) is 9.36. The van der Waals surface area contributed by atoms with E-state index in [1.54, 1.807) is 0 Å². The van der Waals surface area contributed by atoms with Crippen LogP contribution in [0.25, 0.3) is 11.0 Å². The van der Waals surface area contributed by atoms with Gasteiger partial charge in [0.1, 0.15) is 5.82 Å². The molecule has 1 aliphatic heterocycles. The van der Waals surface area contributed by atoms with E-state index in [1.165, 1.54) is 10.6 Å². The van der Waals surface area contributed by atoms with E-state index in [0.717, 1.165) is 22.5 Å². The molecule has 1 aromatic carbocycles. The SMILES string of the molecule is CC(C)C(=O)Nc1ccc2c(c1)nc(CN1CCN(S(C)(=O)=O)CC1)n2C. The van der Waals surface area contributed by atoms with E-state index in [0.29, 0.717) is 32.7 Å². The summed E-state index contributed by atoms with van der Waals surface area (Å²) in [6.07, 6.45) is 1.25. The minimum absolute atomic E-state index is 0.0192. The number of aryl methyl sites for hydroxylation is 1. The van der Waals surface area contributed by atoms with Crippen LogP contribution in [-0.2, 0) is 28.4 Å². The van der Waals surface area contributed by atoms with Gasteiger partial charge < -0.3 is 9.88 Å². The van der Waals surface area contributed by atoms with Crippen LogP contribution in [0.3, 0.4) is 0 Å². The van der Waals surface area contributed by atoms with E-state index in [2.05, 4.69) is 10.2 Å². The van der Waals surface area contributed by atoms with Crippen molar-refractivity contribution in [3.8, 4) is 0 Å². The Bertz CT molecular complexity index is 943. The molecule has 9 heteroatoms. The molecule has 1 fully saturated rings. The number of hydrogen-bond donors (Lipinski definition) is 1. The van der Waals surface area contributed by atoms with Crippen molar-refractivity contribution in [3.63, 3.8) is 0 Å². The number of carbonyl (C=O) groups is 1. The number of anilines is 1. The number of nitrogens with one attached hydrogen (secondary N) is 1. The van der Waals surface area contributed by atoms with Gasteiger partial charge in [-0.05, 0) is 18.2 Å². The molecular weight excluding hydrogens is 366 g/mol. The lowest BCUT2D eigenvalue weighted by molar-refractivity contribution is -0.118. The Hall–Kier alpha value is -1.97. The summed E-state index contributed by atoms with van der Waals surface area (Å²) < 4.78 is 26.8. The van der Waals surface area contributed by atoms with Gasteiger partial charge in [-0.25, -0.2) is 13.4 Å². The van der Waals surface area contributed by atoms with E-state index < -0.39 is 10.0 Å². The van der Waals surface area contributed by atoms with Gasteiger partial charge in [-0.3, -0.25) is 9.69 Å². The Morgan fingerprint density at radius 1 is 1.22 bits per heavy atom. The number of nitrogens with zero attached hydrogens (tertiary/aromatic N) is 4. The van der Waals surface area contributed by atoms with Crippen molar-refractivity contribution in [2.75, 3.05) is 37.8 Å². The molecule has 0 bridgehead atoms. The molecule has 1 saturated heterocycles. The maximum Gasteiger partial charge on any atom is 0.226 e. The van der Waals surface area contributed by atoms with E-state index >= 15 is 0 Å². The van der Waals surface area contributed by atoms with E-state index in [1.807, 2.05) is 43.7 Å². The second-order valence-electron chi connectivity index (χ2n) is 7.37. The van der Waals surface area contributed by atoms with Gasteiger partial charge in [0.15, 0.2) is 0 Å². The lowest BCUT2D eigenvalue weighted by Gasteiger charge is -2.32. The molecule has 3 rings (SSSR count). The predicted molar refractivity (Wildman–Crippen MR) is 106 cm³/mol. The second kappa shape index (κ2) is 7.57. The zero-order chi connectivity index (χ0) is 19.8. The average Bonchev–Trinajstić information content (AvgIpc) is 2.90. The fraction of sp³-hybridized carbons (Fsp3) is 0.556. The molecule has 0 unspecified atom stereocenters. The largest absolute Gasteiger partial charge is 0.330 e. The molecule has 0 radical (unpaired) electrons. The Morgan fingerprint density at radius 2 is 1.89 bits per heavy atom. The third kappa shape index (κ3) is 4.48. The topological polar surface area (TPSA) is 87.5 Å². The first kappa shape index (κ1) is 19.8. The monoisotopic (exact) mass is 393 g/mol. The van der Waals surface area contributed by atoms with Gasteiger partial charge in [0.25, 0.3) is 0 Å². The van der Waals surface area contributed by atoms with Crippen LogP contribution < -0.4 is 5.32 Å². The molecular formula is C18H27N5O3S. The molecule has 2 heterocycles. The molecule has 0 atom stereocenters. The molecule has 148 valence electrons. The van der Waals surface area contributed by atoms with Gasteiger partial charge in [0.05, 0.1) is 23.8 Å². The maximum atomic E-state index is 11.9. The number of rotatable bonds is 5. The molecule has 8 nitrogen and oxygen atoms in total. The molecule has 27 heavy (non-hydrogen) atoms. The molecule has 1 aliphatic rings. The van der Waals surface area contributed by atoms with Crippen molar-refractivity contribution in [2.24, 2.45) is 13.0 Å². The van der Waals surface area contributed by atoms with Crippen LogP contribution in [-0.4, -0.2) is 65.5 Å². The molecule has 1 aromatic heterocycles. The van der Waals surface area contributed by atoms with Crippen LogP contribution in [0.1, 0.15) is 19.7 Å². The van der Waals surface area contributed by atoms with Gasteiger partial charge in [0, 0.05) is 44.8 Å². The zero-order valence-electron chi connectivity index (χ0n) is 16.3. The highest BCUT2D eigenvalue weighted by Crippen LogP contribution is 2.21. The van der Waals surface area contributed by atoms with Gasteiger partial charge in [-0.1, -0.05) is 13.8 Å². The van der Waals surface area contributed by atoms with Crippen molar-refractivity contribution in [2.45, 2.75) is 20.4 Å². The average molecular weight is 394 g/mol. The smallest absolute Gasteiger partial charge is 0.226 e. The minimum Gasteiger partial charge on any atom is -0.330 e. The highest BCUT2D eigenvalue weighted by Gasteiger charge is 2.24. The first-order valence-electron chi connectivity index (χ1n) is 9.09. The Balaban J connectivity index is 1.72. The molecule has 0 spiro atoms. The quantitative estimate of drug-likeness (QED) is 0.826. The van der Waals surface area contributed by atoms with Crippen molar-refractivity contribution in [1.29, 1.82) is 0 Å². The minimum atomic E-state index is -3.12. The van der Waals surface area contributed by atoms with Crippen molar-refractivity contribution in [1.82, 2.24) is 18.8 Å². The molecule has 1 amide bonds. The van der Waals surface area contributed by atoms with Crippen LogP contribution in [0.2, 0.25) is 0 Å². The number of benzene rings is 1. The van der Waals surface area contributed by atoms with Gasteiger partial charge >= 0.3 is 0 Å². The van der Waals surface area contributed by atoms with Crippen molar-refractivity contribution < 1.29 is 13.2 Å². The summed E-state index contributed by atoms with van der Waals surface area (Å²) in [4.78, 5) is 18.8. The molecule has 2 aromatic rings. The first-order chi connectivity index (χ1) is 12.6. The highest BCUT2D eigenvalue weighted by atomic mass is 32.2. The number of fused-ring (bicyclic) bond motifs is 1. The number of piperazine rings is 1. The highest BCUT2D eigenvalue weighted by molar-refractivity contribution is 7.88. The molecule has 0 aliphatic carbocycles. The fourth-order valence-electron chi connectivity index (χ4n) is 3.17. The van der Waals surface area contributed by atoms with Crippen LogP contribution in [0, 0.1) is 5.92 Å². The summed E-state index contributed by atoms with van der Waals surface area (Å²) in [5.41, 5.74) is 2.58. The van der Waals surface area contributed by atoms with Gasteiger partial charge in [-0.15, -0.1) is 0 Å². The van der Waals surface area contributed by atoms with E-state index in [9.17, 15) is 13.2 Å². The number of hydrogen-bond acceptors (Lipinski definition) is 5. The predicted octanol–water partition coefficient (Wildman–Crippen LogP) is 1.24. The number of imidazole rings is 1. The summed E-state index contributed by atoms with van der Waals surface area (Å²) >= 11 is 0. The first-order valence-corrected chi connectivity index (χ1v) is 10.9. The summed E-state index contributed by atoms with van der Waals surface area (Å²) in [6, 6.07) is 5.74. The number of aromatic nitrogens is 2. The summed E-state index contributed by atoms with van der Waals surface area (Å²) in [7, 11) is -1.14. The number of sulfonamides is 1. The number of carbonyl (C=O) groups excluding carboxylic acids is 1. The Morgan fingerprint density at radius 3 is 2.48 bits per heavy atom. The Kier molecular flexibility index (Phi) is 5.55. The normalized spacial score (nSPS) is 16.9. The number of amides is 1. The maximum absolute atomic E-state index is 11.9. The van der Waals surface area contributed by atoms with Crippen LogP contribution in [0.4, 0.5) is 5.69 Å². The summed E-state index contributed by atoms with van der Waals surface area (Å²) in [5, 5.41) is 2.90. The van der Waals surface area contributed by atoms with E-state index in [4.69, 9.17) is 4.98 Å². The summed E-state index contributed by atoms with van der Waals surface area (Å²) in [6.45, 7) is 6.77. The Labute approximate surface area is 160 Å². The van der Waals surface area contributed by atoms with Gasteiger partial charge in [0.2, 0.25) is 15.9 Å². The molecule has 1 N–H and O–H groups in total. The van der Waals surface area contributed by atoms with E-state index in [-0.39, 0.29) is 11.8 Å². The van der Waals surface area contributed by atoms with Gasteiger partial charge in [-0.2, -0.15) is 4.31 Å². The zero-order valence-corrected chi connectivity index (χ0v) is 17.1. The standard InChI is InChI=1S/C18H27N5O3S/c1-13(2)18(24)19-14-5-6-16-15(11-14)20-17(21(16)3)12-22-7-9-23(10-8-22)27(4,25)26/h5-6,11,13H,7-10,12H2,1-4H3,(H,19,24). The van der Waals surface area contributed by atoms with Crippen LogP contribution in [0.5, 0.6) is 0 Å². The van der Waals surface area contributed by atoms with Crippen LogP contribution >= 0.6 is 0 Å². The lowest BCUT2D eigenvalue weighted by atomic mass is 10.2. The molecule has 0 saturated carbocycles. The fourth-order valence-corrected chi connectivity index (χ4v) is 4.00. The van der Waals surface area contributed by atoms with Crippen molar-refractivity contribution >= 4 is 32.7 Å².